The highest BCUT2D eigenvalue weighted by atomic mass is 32.1. The number of thiophene rings is 1. The van der Waals surface area contributed by atoms with E-state index in [0.717, 1.165) is 26.9 Å². The maximum atomic E-state index is 13.3. The van der Waals surface area contributed by atoms with E-state index in [9.17, 15) is 9.18 Å². The quantitative estimate of drug-likeness (QED) is 0.273. The number of pyridine rings is 1. The Kier molecular flexibility index (Phi) is 6.86. The maximum Gasteiger partial charge on any atom is 0.310 e. The summed E-state index contributed by atoms with van der Waals surface area (Å²) in [5, 5.41) is 2.78. The van der Waals surface area contributed by atoms with Gasteiger partial charge in [-0.15, -0.1) is 11.3 Å². The molecule has 3 heterocycles. The molecule has 0 atom stereocenters. The Morgan fingerprint density at radius 2 is 1.91 bits per heavy atom. The average molecular weight is 453 g/mol. The molecule has 0 aliphatic rings. The first-order chi connectivity index (χ1) is 15.6. The molecule has 3 aromatic heterocycles. The van der Waals surface area contributed by atoms with Crippen molar-refractivity contribution in [2.24, 2.45) is 0 Å². The van der Waals surface area contributed by atoms with E-state index in [0.29, 0.717) is 31.3 Å². The first kappa shape index (κ1) is 21.6. The molecule has 0 amide bonds. The van der Waals surface area contributed by atoms with Crippen LogP contribution >= 0.6 is 11.3 Å². The highest BCUT2D eigenvalue weighted by molar-refractivity contribution is 7.17. The number of carbonyl (C=O) groups excluding carboxylic acids is 1. The Bertz CT molecular complexity index is 1210. The van der Waals surface area contributed by atoms with E-state index in [-0.39, 0.29) is 18.2 Å². The Labute approximate surface area is 187 Å². The number of rotatable bonds is 9. The van der Waals surface area contributed by atoms with Gasteiger partial charge in [-0.05, 0) is 29.3 Å². The van der Waals surface area contributed by atoms with Crippen molar-refractivity contribution in [1.82, 2.24) is 15.0 Å². The second-order valence-electron chi connectivity index (χ2n) is 6.85. The molecular formula is C23H20FN3O4S. The van der Waals surface area contributed by atoms with Gasteiger partial charge in [0.2, 0.25) is 5.88 Å². The van der Waals surface area contributed by atoms with Crippen molar-refractivity contribution in [3.63, 3.8) is 0 Å². The standard InChI is InChI=1S/C23H20FN3O4S/c1-29-20(28)10-15-9-18(12-25-11-15)30-7-2-8-31-22-21-19(13-32-23(21)27-14-26-22)16-3-5-17(24)6-4-16/h3-6,9,11-14H,2,7-8,10H2,1H3. The number of hydrogen-bond donors (Lipinski definition) is 0. The summed E-state index contributed by atoms with van der Waals surface area (Å²) < 4.78 is 29.6. The lowest BCUT2D eigenvalue weighted by molar-refractivity contribution is -0.139. The number of ether oxygens (including phenoxy) is 3. The van der Waals surface area contributed by atoms with Gasteiger partial charge in [0.25, 0.3) is 0 Å². The number of nitrogens with zero attached hydrogens (tertiary/aromatic N) is 3. The van der Waals surface area contributed by atoms with Crippen LogP contribution in [-0.2, 0) is 16.0 Å². The molecule has 0 spiro atoms. The molecule has 32 heavy (non-hydrogen) atoms. The predicted octanol–water partition coefficient (Wildman–Crippen LogP) is 4.46. The van der Waals surface area contributed by atoms with E-state index in [1.54, 1.807) is 30.6 Å². The second kappa shape index (κ2) is 10.1. The molecule has 1 aromatic carbocycles. The Balaban J connectivity index is 1.36. The van der Waals surface area contributed by atoms with Gasteiger partial charge in [0.15, 0.2) is 0 Å². The molecule has 9 heteroatoms. The molecule has 0 saturated carbocycles. The van der Waals surface area contributed by atoms with Crippen molar-refractivity contribution in [3.8, 4) is 22.8 Å². The Morgan fingerprint density at radius 3 is 2.72 bits per heavy atom. The summed E-state index contributed by atoms with van der Waals surface area (Å²) in [6.07, 6.45) is 5.42. The average Bonchev–Trinajstić information content (AvgIpc) is 3.24. The summed E-state index contributed by atoms with van der Waals surface area (Å²) in [6.45, 7) is 0.798. The van der Waals surface area contributed by atoms with Gasteiger partial charge in [-0.3, -0.25) is 9.78 Å². The second-order valence-corrected chi connectivity index (χ2v) is 7.71. The fraction of sp³-hybridized carbons (Fsp3) is 0.217. The van der Waals surface area contributed by atoms with Gasteiger partial charge in [-0.2, -0.15) is 0 Å². The van der Waals surface area contributed by atoms with Crippen LogP contribution in [0.25, 0.3) is 21.3 Å². The third-order valence-corrected chi connectivity index (χ3v) is 5.52. The smallest absolute Gasteiger partial charge is 0.310 e. The lowest BCUT2D eigenvalue weighted by atomic mass is 10.1. The van der Waals surface area contributed by atoms with Crippen molar-refractivity contribution in [2.45, 2.75) is 12.8 Å². The minimum Gasteiger partial charge on any atom is -0.492 e. The van der Waals surface area contributed by atoms with Gasteiger partial charge in [0, 0.05) is 23.6 Å². The third kappa shape index (κ3) is 5.17. The number of esters is 1. The number of halogens is 1. The van der Waals surface area contributed by atoms with Gasteiger partial charge >= 0.3 is 5.97 Å². The number of hydrogen-bond acceptors (Lipinski definition) is 8. The van der Waals surface area contributed by atoms with Crippen LogP contribution in [0.3, 0.4) is 0 Å². The molecule has 0 bridgehead atoms. The minimum absolute atomic E-state index is 0.143. The Morgan fingerprint density at radius 1 is 1.09 bits per heavy atom. The number of aromatic nitrogens is 3. The predicted molar refractivity (Wildman–Crippen MR) is 118 cm³/mol. The Hall–Kier alpha value is -3.59. The summed E-state index contributed by atoms with van der Waals surface area (Å²) in [7, 11) is 1.35. The monoisotopic (exact) mass is 453 g/mol. The highest BCUT2D eigenvalue weighted by Gasteiger charge is 2.14. The van der Waals surface area contributed by atoms with Crippen molar-refractivity contribution >= 4 is 27.5 Å². The number of fused-ring (bicyclic) bond motifs is 1. The number of methoxy groups -OCH3 is 1. The first-order valence-corrected chi connectivity index (χ1v) is 10.8. The van der Waals surface area contributed by atoms with Crippen LogP contribution in [0.5, 0.6) is 11.6 Å². The van der Waals surface area contributed by atoms with E-state index in [2.05, 4.69) is 19.7 Å². The number of carbonyl (C=O) groups is 1. The molecule has 4 aromatic rings. The molecule has 0 unspecified atom stereocenters. The molecule has 164 valence electrons. The molecule has 4 rings (SSSR count). The fourth-order valence-electron chi connectivity index (χ4n) is 3.09. The van der Waals surface area contributed by atoms with Gasteiger partial charge < -0.3 is 14.2 Å². The number of benzene rings is 1. The van der Waals surface area contributed by atoms with Crippen molar-refractivity contribution in [3.05, 3.63) is 65.8 Å². The van der Waals surface area contributed by atoms with Crippen LogP contribution in [0.4, 0.5) is 4.39 Å². The summed E-state index contributed by atoms with van der Waals surface area (Å²) in [4.78, 5) is 24.9. The maximum absolute atomic E-state index is 13.3. The van der Waals surface area contributed by atoms with Crippen LogP contribution in [0.15, 0.2) is 54.4 Å². The molecule has 0 radical (unpaired) electrons. The van der Waals surface area contributed by atoms with Crippen molar-refractivity contribution < 1.29 is 23.4 Å². The lowest BCUT2D eigenvalue weighted by Gasteiger charge is -2.09. The molecular weight excluding hydrogens is 433 g/mol. The molecule has 7 nitrogen and oxygen atoms in total. The zero-order chi connectivity index (χ0) is 22.3. The van der Waals surface area contributed by atoms with Crippen LogP contribution in [0.2, 0.25) is 0 Å². The van der Waals surface area contributed by atoms with Crippen molar-refractivity contribution in [2.75, 3.05) is 20.3 Å². The van der Waals surface area contributed by atoms with E-state index >= 15 is 0 Å². The van der Waals surface area contributed by atoms with E-state index in [4.69, 9.17) is 9.47 Å². The zero-order valence-corrected chi connectivity index (χ0v) is 18.1. The van der Waals surface area contributed by atoms with Crippen LogP contribution in [-0.4, -0.2) is 41.2 Å². The summed E-state index contributed by atoms with van der Waals surface area (Å²) in [6, 6.07) is 8.07. The summed E-state index contributed by atoms with van der Waals surface area (Å²) in [5.41, 5.74) is 2.50. The largest absolute Gasteiger partial charge is 0.492 e. The zero-order valence-electron chi connectivity index (χ0n) is 17.3. The van der Waals surface area contributed by atoms with Gasteiger partial charge in [-0.25, -0.2) is 14.4 Å². The molecule has 0 fully saturated rings. The lowest BCUT2D eigenvalue weighted by Crippen LogP contribution is -2.07. The molecule has 0 saturated heterocycles. The van der Waals surface area contributed by atoms with Crippen molar-refractivity contribution in [1.29, 1.82) is 0 Å². The SMILES string of the molecule is COC(=O)Cc1cncc(OCCCOc2ncnc3scc(-c4ccc(F)cc4)c23)c1. The normalized spacial score (nSPS) is 10.8. The fourth-order valence-corrected chi connectivity index (χ4v) is 4.00. The van der Waals surface area contributed by atoms with Gasteiger partial charge in [0.05, 0.1) is 38.3 Å². The summed E-state index contributed by atoms with van der Waals surface area (Å²) >= 11 is 1.49. The van der Waals surface area contributed by atoms with Crippen LogP contribution < -0.4 is 9.47 Å². The first-order valence-electron chi connectivity index (χ1n) is 9.88. The minimum atomic E-state index is -0.332. The van der Waals surface area contributed by atoms with Crippen LogP contribution in [0.1, 0.15) is 12.0 Å². The van der Waals surface area contributed by atoms with Gasteiger partial charge in [-0.1, -0.05) is 12.1 Å². The molecule has 0 aliphatic carbocycles. The highest BCUT2D eigenvalue weighted by Crippen LogP contribution is 2.37. The third-order valence-electron chi connectivity index (χ3n) is 4.63. The topological polar surface area (TPSA) is 83.4 Å². The van der Waals surface area contributed by atoms with E-state index < -0.39 is 0 Å². The van der Waals surface area contributed by atoms with E-state index in [1.807, 2.05) is 5.38 Å². The molecule has 0 N–H and O–H groups in total. The van der Waals surface area contributed by atoms with E-state index in [1.165, 1.54) is 36.9 Å². The van der Waals surface area contributed by atoms with Crippen LogP contribution in [0, 0.1) is 5.82 Å². The molecule has 0 aliphatic heterocycles. The summed E-state index contributed by atoms with van der Waals surface area (Å²) in [5.74, 6) is 0.443. The van der Waals surface area contributed by atoms with Gasteiger partial charge in [0.1, 0.15) is 22.7 Å².